The summed E-state index contributed by atoms with van der Waals surface area (Å²) in [5.41, 5.74) is 1.03. The van der Waals surface area contributed by atoms with Gasteiger partial charge in [0.25, 0.3) is 0 Å². The molecule has 0 amide bonds. The first kappa shape index (κ1) is 13.0. The first-order valence-corrected chi connectivity index (χ1v) is 7.31. The van der Waals surface area contributed by atoms with E-state index in [1.165, 1.54) is 0 Å². The standard InChI is InChI=1S/C12H14N2O3S/c13-7-9-2-1-3-10(4-9)8-18(16,17)14-11-5-12(15)6-11/h1-4,11-12,14-15H,5-6,8H2. The van der Waals surface area contributed by atoms with Crippen molar-refractivity contribution in [3.05, 3.63) is 35.4 Å². The lowest BCUT2D eigenvalue weighted by molar-refractivity contribution is 0.0712. The molecule has 0 unspecified atom stereocenters. The van der Waals surface area contributed by atoms with Gasteiger partial charge in [-0.25, -0.2) is 13.1 Å². The van der Waals surface area contributed by atoms with E-state index in [-0.39, 0.29) is 17.9 Å². The van der Waals surface area contributed by atoms with Crippen LogP contribution in [0.1, 0.15) is 24.0 Å². The van der Waals surface area contributed by atoms with Gasteiger partial charge in [0.05, 0.1) is 23.5 Å². The van der Waals surface area contributed by atoms with Crippen LogP contribution in [-0.4, -0.2) is 25.7 Å². The normalized spacial score (nSPS) is 23.1. The molecule has 96 valence electrons. The number of benzene rings is 1. The molecule has 0 aromatic heterocycles. The molecule has 1 aliphatic carbocycles. The van der Waals surface area contributed by atoms with Gasteiger partial charge in [-0.1, -0.05) is 12.1 Å². The smallest absolute Gasteiger partial charge is 0.216 e. The molecule has 1 saturated carbocycles. The second-order valence-corrected chi connectivity index (χ2v) is 6.27. The monoisotopic (exact) mass is 266 g/mol. The first-order valence-electron chi connectivity index (χ1n) is 5.65. The summed E-state index contributed by atoms with van der Waals surface area (Å²) < 4.78 is 26.2. The van der Waals surface area contributed by atoms with E-state index in [2.05, 4.69) is 4.72 Å². The number of nitriles is 1. The zero-order valence-corrected chi connectivity index (χ0v) is 10.5. The van der Waals surface area contributed by atoms with E-state index in [1.54, 1.807) is 24.3 Å². The van der Waals surface area contributed by atoms with Gasteiger partial charge in [0.2, 0.25) is 10.0 Å². The van der Waals surface area contributed by atoms with Gasteiger partial charge < -0.3 is 5.11 Å². The van der Waals surface area contributed by atoms with Crippen molar-refractivity contribution in [1.82, 2.24) is 4.72 Å². The molecule has 18 heavy (non-hydrogen) atoms. The van der Waals surface area contributed by atoms with Crippen LogP contribution in [0.25, 0.3) is 0 Å². The maximum Gasteiger partial charge on any atom is 0.216 e. The summed E-state index contributed by atoms with van der Waals surface area (Å²) in [6.45, 7) is 0. The predicted octanol–water partition coefficient (Wildman–Crippen LogP) is 0.501. The van der Waals surface area contributed by atoms with E-state index in [1.807, 2.05) is 6.07 Å². The third-order valence-electron chi connectivity index (χ3n) is 2.87. The Bertz CT molecular complexity index is 571. The van der Waals surface area contributed by atoms with E-state index in [0.29, 0.717) is 24.0 Å². The van der Waals surface area contributed by atoms with Crippen molar-refractivity contribution in [1.29, 1.82) is 5.26 Å². The zero-order valence-electron chi connectivity index (χ0n) is 9.70. The highest BCUT2D eigenvalue weighted by molar-refractivity contribution is 7.88. The first-order chi connectivity index (χ1) is 8.48. The Kier molecular flexibility index (Phi) is 3.66. The molecule has 2 N–H and O–H groups in total. The van der Waals surface area contributed by atoms with Crippen molar-refractivity contribution in [2.45, 2.75) is 30.7 Å². The van der Waals surface area contributed by atoms with Crippen LogP contribution >= 0.6 is 0 Å². The van der Waals surface area contributed by atoms with Gasteiger partial charge in [0.1, 0.15) is 0 Å². The maximum absolute atomic E-state index is 11.8. The van der Waals surface area contributed by atoms with Crippen LogP contribution < -0.4 is 4.72 Å². The number of aliphatic hydroxyl groups excluding tert-OH is 1. The molecule has 0 heterocycles. The van der Waals surface area contributed by atoms with Crippen LogP contribution in [0.2, 0.25) is 0 Å². The Morgan fingerprint density at radius 1 is 1.44 bits per heavy atom. The number of aliphatic hydroxyl groups is 1. The van der Waals surface area contributed by atoms with Crippen LogP contribution in [0, 0.1) is 11.3 Å². The maximum atomic E-state index is 11.8. The summed E-state index contributed by atoms with van der Waals surface area (Å²) >= 11 is 0. The van der Waals surface area contributed by atoms with E-state index in [4.69, 9.17) is 10.4 Å². The highest BCUT2D eigenvalue weighted by Crippen LogP contribution is 2.21. The van der Waals surface area contributed by atoms with Gasteiger partial charge in [-0.2, -0.15) is 5.26 Å². The Hall–Kier alpha value is -1.42. The van der Waals surface area contributed by atoms with Crippen molar-refractivity contribution in [2.75, 3.05) is 0 Å². The molecular weight excluding hydrogens is 252 g/mol. The average molecular weight is 266 g/mol. The number of hydrogen-bond donors (Lipinski definition) is 2. The van der Waals surface area contributed by atoms with Crippen LogP contribution in [0.5, 0.6) is 0 Å². The lowest BCUT2D eigenvalue weighted by Crippen LogP contribution is -2.46. The largest absolute Gasteiger partial charge is 0.393 e. The molecule has 1 fully saturated rings. The second kappa shape index (κ2) is 5.06. The highest BCUT2D eigenvalue weighted by Gasteiger charge is 2.30. The summed E-state index contributed by atoms with van der Waals surface area (Å²) in [7, 11) is -3.41. The number of hydrogen-bond acceptors (Lipinski definition) is 4. The minimum atomic E-state index is -3.41. The number of rotatable bonds is 4. The van der Waals surface area contributed by atoms with Gasteiger partial charge in [-0.15, -0.1) is 0 Å². The van der Waals surface area contributed by atoms with Crippen molar-refractivity contribution in [3.63, 3.8) is 0 Å². The summed E-state index contributed by atoms with van der Waals surface area (Å²) in [4.78, 5) is 0. The molecule has 2 rings (SSSR count). The van der Waals surface area contributed by atoms with Crippen molar-refractivity contribution < 1.29 is 13.5 Å². The second-order valence-electron chi connectivity index (χ2n) is 4.51. The van der Waals surface area contributed by atoms with Gasteiger partial charge >= 0.3 is 0 Å². The van der Waals surface area contributed by atoms with Gasteiger partial charge in [0.15, 0.2) is 0 Å². The van der Waals surface area contributed by atoms with Crippen LogP contribution in [-0.2, 0) is 15.8 Å². The fourth-order valence-corrected chi connectivity index (χ4v) is 3.33. The SMILES string of the molecule is N#Cc1cccc(CS(=O)(=O)NC2CC(O)C2)c1. The Morgan fingerprint density at radius 2 is 2.17 bits per heavy atom. The molecule has 0 saturated heterocycles. The molecule has 0 aliphatic heterocycles. The Morgan fingerprint density at radius 3 is 2.78 bits per heavy atom. The molecule has 1 aromatic carbocycles. The molecule has 1 aromatic rings. The quantitative estimate of drug-likeness (QED) is 0.830. The number of nitrogens with zero attached hydrogens (tertiary/aromatic N) is 1. The molecular formula is C12H14N2O3S. The van der Waals surface area contributed by atoms with Crippen molar-refractivity contribution in [2.24, 2.45) is 0 Å². The molecule has 0 atom stereocenters. The summed E-state index contributed by atoms with van der Waals surface area (Å²) in [5, 5.41) is 17.8. The van der Waals surface area contributed by atoms with Gasteiger partial charge in [-0.3, -0.25) is 0 Å². The third-order valence-corrected chi connectivity index (χ3v) is 4.28. The Labute approximate surface area is 106 Å². The molecule has 0 bridgehead atoms. The van der Waals surface area contributed by atoms with Crippen molar-refractivity contribution >= 4 is 10.0 Å². The van der Waals surface area contributed by atoms with Crippen LogP contribution in [0.4, 0.5) is 0 Å². The van der Waals surface area contributed by atoms with Gasteiger partial charge in [0, 0.05) is 6.04 Å². The lowest BCUT2D eigenvalue weighted by Gasteiger charge is -2.31. The highest BCUT2D eigenvalue weighted by atomic mass is 32.2. The third kappa shape index (κ3) is 3.29. The number of nitrogens with one attached hydrogen (secondary N) is 1. The molecule has 1 aliphatic rings. The fourth-order valence-electron chi connectivity index (χ4n) is 1.93. The molecule has 0 spiro atoms. The minimum Gasteiger partial charge on any atom is -0.393 e. The predicted molar refractivity (Wildman–Crippen MR) is 65.9 cm³/mol. The zero-order chi connectivity index (χ0) is 13.2. The number of sulfonamides is 1. The molecule has 5 nitrogen and oxygen atoms in total. The average Bonchev–Trinajstić information content (AvgIpc) is 2.26. The van der Waals surface area contributed by atoms with Gasteiger partial charge in [-0.05, 0) is 30.5 Å². The van der Waals surface area contributed by atoms with E-state index < -0.39 is 10.0 Å². The topological polar surface area (TPSA) is 90.2 Å². The minimum absolute atomic E-state index is 0.144. The summed E-state index contributed by atoms with van der Waals surface area (Å²) in [5.74, 6) is -0.144. The van der Waals surface area contributed by atoms with Crippen LogP contribution in [0.15, 0.2) is 24.3 Å². The van der Waals surface area contributed by atoms with Crippen LogP contribution in [0.3, 0.4) is 0 Å². The van der Waals surface area contributed by atoms with E-state index in [0.717, 1.165) is 0 Å². The van der Waals surface area contributed by atoms with Crippen molar-refractivity contribution in [3.8, 4) is 6.07 Å². The molecule has 6 heteroatoms. The lowest BCUT2D eigenvalue weighted by atomic mass is 9.91. The molecule has 0 radical (unpaired) electrons. The summed E-state index contributed by atoms with van der Waals surface area (Å²) in [6.07, 6.45) is 0.550. The Balaban J connectivity index is 2.01. The summed E-state index contributed by atoms with van der Waals surface area (Å²) in [6, 6.07) is 8.35. The fraction of sp³-hybridized carbons (Fsp3) is 0.417. The van der Waals surface area contributed by atoms with E-state index >= 15 is 0 Å². The van der Waals surface area contributed by atoms with E-state index in [9.17, 15) is 8.42 Å².